The number of nitrogens with one attached hydrogen (secondary N) is 2. The maximum atomic E-state index is 12.8. The van der Waals surface area contributed by atoms with E-state index < -0.39 is 0 Å². The van der Waals surface area contributed by atoms with E-state index in [9.17, 15) is 9.90 Å². The first-order chi connectivity index (χ1) is 13.6. The highest BCUT2D eigenvalue weighted by Crippen LogP contribution is 2.39. The molecule has 0 atom stereocenters. The van der Waals surface area contributed by atoms with Crippen LogP contribution in [0, 0.1) is 0 Å². The summed E-state index contributed by atoms with van der Waals surface area (Å²) in [6.07, 6.45) is 1.67. The molecule has 1 saturated heterocycles. The van der Waals surface area contributed by atoms with Crippen molar-refractivity contribution in [3.63, 3.8) is 0 Å². The molecular weight excluding hydrogens is 376 g/mol. The minimum absolute atomic E-state index is 0.175. The Morgan fingerprint density at radius 3 is 2.54 bits per heavy atom. The molecule has 3 N–H and O–H groups in total. The van der Waals surface area contributed by atoms with Gasteiger partial charge in [-0.1, -0.05) is 29.8 Å². The number of allylic oxidation sites excluding steroid dienone is 1. The fourth-order valence-electron chi connectivity index (χ4n) is 3.94. The largest absolute Gasteiger partial charge is 0.507 e. The number of carbonyl (C=O) groups is 1. The van der Waals surface area contributed by atoms with E-state index in [0.29, 0.717) is 28.4 Å². The zero-order valence-electron chi connectivity index (χ0n) is 15.9. The van der Waals surface area contributed by atoms with Crippen molar-refractivity contribution in [1.29, 1.82) is 0 Å². The fraction of sp³-hybridized carbons (Fsp3) is 0.318. The first-order valence-corrected chi connectivity index (χ1v) is 10.2. The van der Waals surface area contributed by atoms with Crippen LogP contribution < -0.4 is 14.5 Å². The van der Waals surface area contributed by atoms with Crippen molar-refractivity contribution in [2.24, 2.45) is 0 Å². The third-order valence-electron chi connectivity index (χ3n) is 5.70. The molecule has 0 saturated carbocycles. The van der Waals surface area contributed by atoms with Gasteiger partial charge < -0.3 is 19.6 Å². The lowest BCUT2D eigenvalue weighted by atomic mass is 10.0. The van der Waals surface area contributed by atoms with E-state index in [1.54, 1.807) is 29.2 Å². The summed E-state index contributed by atoms with van der Waals surface area (Å²) in [4.78, 5) is 15.8. The van der Waals surface area contributed by atoms with Gasteiger partial charge in [-0.25, -0.2) is 0 Å². The molecule has 0 unspecified atom stereocenters. The summed E-state index contributed by atoms with van der Waals surface area (Å²) < 4.78 is 5.95. The Morgan fingerprint density at radius 1 is 1.11 bits per heavy atom. The second-order valence-electron chi connectivity index (χ2n) is 7.43. The molecule has 2 aliphatic heterocycles. The number of rotatable bonds is 4. The number of piperazine rings is 1. The molecule has 0 spiro atoms. The van der Waals surface area contributed by atoms with Gasteiger partial charge in [-0.15, -0.1) is 0 Å². The van der Waals surface area contributed by atoms with E-state index in [2.05, 4.69) is 6.92 Å². The van der Waals surface area contributed by atoms with Crippen molar-refractivity contribution in [3.8, 4) is 11.5 Å². The van der Waals surface area contributed by atoms with E-state index in [-0.39, 0.29) is 17.3 Å². The first kappa shape index (κ1) is 19.0. The minimum Gasteiger partial charge on any atom is -0.507 e. The number of ether oxygens (including phenoxy) is 1. The third-order valence-corrected chi connectivity index (χ3v) is 6.04. The molecule has 0 radical (unpaired) electrons. The zero-order valence-corrected chi connectivity index (χ0v) is 16.7. The van der Waals surface area contributed by atoms with Gasteiger partial charge in [0.15, 0.2) is 11.5 Å². The second-order valence-corrected chi connectivity index (χ2v) is 7.84. The van der Waals surface area contributed by atoms with Gasteiger partial charge >= 0.3 is 0 Å². The highest BCUT2D eigenvalue weighted by molar-refractivity contribution is 6.32. The number of quaternary nitrogens is 2. The quantitative estimate of drug-likeness (QED) is 0.670. The molecule has 0 aliphatic carbocycles. The number of Topliss-reactive ketones (excluding diaryl/α,β-unsaturated/α-hetero) is 1. The summed E-state index contributed by atoms with van der Waals surface area (Å²) in [5.41, 5.74) is 1.95. The van der Waals surface area contributed by atoms with E-state index in [1.165, 1.54) is 4.90 Å². The number of phenolic OH excluding ortho intramolecular Hbond substituents is 1. The van der Waals surface area contributed by atoms with Crippen LogP contribution in [0.4, 0.5) is 0 Å². The Kier molecular flexibility index (Phi) is 5.40. The van der Waals surface area contributed by atoms with Crippen molar-refractivity contribution < 1.29 is 24.4 Å². The highest BCUT2D eigenvalue weighted by atomic mass is 35.5. The van der Waals surface area contributed by atoms with Gasteiger partial charge in [0, 0.05) is 5.02 Å². The standard InChI is InChI=1S/C22H23ClN2O3/c1-2-24-9-11-25(12-10-24)14-17-19(26)8-7-16-21(27)20(28-22(16)17)13-15-5-3-4-6-18(15)23/h3-8,13,26H,2,9-12,14H2,1H3/p+2/b20-13-. The topological polar surface area (TPSA) is 55.4 Å². The number of aromatic hydroxyl groups is 1. The molecule has 28 heavy (non-hydrogen) atoms. The van der Waals surface area contributed by atoms with Gasteiger partial charge in [0.25, 0.3) is 0 Å². The van der Waals surface area contributed by atoms with Crippen molar-refractivity contribution in [2.75, 3.05) is 32.7 Å². The smallest absolute Gasteiger partial charge is 0.231 e. The van der Waals surface area contributed by atoms with Crippen molar-refractivity contribution >= 4 is 23.5 Å². The summed E-state index contributed by atoms with van der Waals surface area (Å²) in [5.74, 6) is 0.737. The normalized spacial score (nSPS) is 22.9. The molecule has 4 rings (SSSR count). The van der Waals surface area contributed by atoms with E-state index >= 15 is 0 Å². The summed E-state index contributed by atoms with van der Waals surface area (Å²) in [6.45, 7) is 8.34. The lowest BCUT2D eigenvalue weighted by molar-refractivity contribution is -1.02. The van der Waals surface area contributed by atoms with Gasteiger partial charge in [0.05, 0.1) is 17.7 Å². The number of benzene rings is 2. The lowest BCUT2D eigenvalue weighted by Crippen LogP contribution is -3.27. The maximum Gasteiger partial charge on any atom is 0.231 e. The van der Waals surface area contributed by atoms with Crippen LogP contribution in [0.5, 0.6) is 11.5 Å². The predicted molar refractivity (Wildman–Crippen MR) is 108 cm³/mol. The number of halogens is 1. The van der Waals surface area contributed by atoms with E-state index in [4.69, 9.17) is 16.3 Å². The van der Waals surface area contributed by atoms with Crippen LogP contribution in [-0.4, -0.2) is 43.6 Å². The van der Waals surface area contributed by atoms with Crippen molar-refractivity contribution in [3.05, 3.63) is 63.9 Å². The molecule has 1 fully saturated rings. The number of hydrogen-bond donors (Lipinski definition) is 3. The van der Waals surface area contributed by atoms with Crippen molar-refractivity contribution in [2.45, 2.75) is 13.5 Å². The summed E-state index contributed by atoms with van der Waals surface area (Å²) >= 11 is 6.21. The predicted octanol–water partition coefficient (Wildman–Crippen LogP) is 0.965. The Morgan fingerprint density at radius 2 is 1.82 bits per heavy atom. The molecule has 0 amide bonds. The Bertz CT molecular complexity index is 933. The summed E-state index contributed by atoms with van der Waals surface area (Å²) in [6, 6.07) is 10.6. The first-order valence-electron chi connectivity index (χ1n) is 9.77. The molecule has 6 heteroatoms. The number of likely N-dealkylation sites (N-methyl/N-ethyl adjacent to an activating group) is 1. The Labute approximate surface area is 169 Å². The lowest BCUT2D eigenvalue weighted by Gasteiger charge is -2.29. The van der Waals surface area contributed by atoms with Crippen LogP contribution in [0.2, 0.25) is 5.02 Å². The average Bonchev–Trinajstić information content (AvgIpc) is 3.02. The minimum atomic E-state index is -0.175. The van der Waals surface area contributed by atoms with Gasteiger partial charge in [-0.05, 0) is 36.8 Å². The Balaban J connectivity index is 1.60. The van der Waals surface area contributed by atoms with E-state index in [1.807, 2.05) is 18.2 Å². The van der Waals surface area contributed by atoms with Gasteiger partial charge in [-0.3, -0.25) is 4.79 Å². The monoisotopic (exact) mass is 400 g/mol. The molecule has 0 aromatic heterocycles. The number of phenols is 1. The maximum absolute atomic E-state index is 12.8. The van der Waals surface area contributed by atoms with Crippen LogP contribution in [0.3, 0.4) is 0 Å². The zero-order chi connectivity index (χ0) is 19.7. The Hall–Kier alpha value is -2.34. The van der Waals surface area contributed by atoms with Crippen LogP contribution in [-0.2, 0) is 6.54 Å². The number of ketones is 1. The number of carbonyl (C=O) groups excluding carboxylic acids is 1. The van der Waals surface area contributed by atoms with Crippen LogP contribution in [0.1, 0.15) is 28.4 Å². The van der Waals surface area contributed by atoms with Gasteiger partial charge in [0.1, 0.15) is 38.5 Å². The van der Waals surface area contributed by atoms with Crippen molar-refractivity contribution in [1.82, 2.24) is 0 Å². The summed E-state index contributed by atoms with van der Waals surface area (Å²) in [7, 11) is 0. The third kappa shape index (κ3) is 3.65. The van der Waals surface area contributed by atoms with Crippen LogP contribution in [0.25, 0.3) is 6.08 Å². The molecule has 2 aromatic carbocycles. The highest BCUT2D eigenvalue weighted by Gasteiger charge is 2.33. The molecule has 2 heterocycles. The molecular formula is C22H25ClN2O3+2. The molecule has 5 nitrogen and oxygen atoms in total. The molecule has 0 bridgehead atoms. The van der Waals surface area contributed by atoms with Gasteiger partial charge in [-0.2, -0.15) is 0 Å². The SMILES string of the molecule is CC[NH+]1CC[NH+](Cc2c(O)ccc3c2O/C(=C\c2ccccc2Cl)C3=O)CC1. The average molecular weight is 401 g/mol. The fourth-order valence-corrected chi connectivity index (χ4v) is 4.13. The summed E-state index contributed by atoms with van der Waals surface area (Å²) in [5, 5.41) is 11.0. The molecule has 146 valence electrons. The van der Waals surface area contributed by atoms with Crippen LogP contribution in [0.15, 0.2) is 42.2 Å². The van der Waals surface area contributed by atoms with E-state index in [0.717, 1.165) is 38.3 Å². The second kappa shape index (κ2) is 7.95. The molecule has 2 aromatic rings. The molecule has 2 aliphatic rings. The number of hydrogen-bond acceptors (Lipinski definition) is 3. The van der Waals surface area contributed by atoms with Gasteiger partial charge in [0.2, 0.25) is 5.78 Å². The van der Waals surface area contributed by atoms with Crippen LogP contribution >= 0.6 is 11.6 Å². The number of fused-ring (bicyclic) bond motifs is 1.